The van der Waals surface area contributed by atoms with Crippen molar-refractivity contribution in [3.8, 4) is 0 Å². The summed E-state index contributed by atoms with van der Waals surface area (Å²) in [5.41, 5.74) is 3.20. The maximum absolute atomic E-state index is 2.62. The van der Waals surface area contributed by atoms with Gasteiger partial charge in [0.1, 0.15) is 0 Å². The second-order valence-corrected chi connectivity index (χ2v) is 16.8. The molecule has 0 aliphatic heterocycles. The molecule has 45 heavy (non-hydrogen) atoms. The Bertz CT molecular complexity index is 1520. The first-order chi connectivity index (χ1) is 22.1. The normalized spacial score (nSPS) is 14.3. The van der Waals surface area contributed by atoms with E-state index in [2.05, 4.69) is 203 Å². The van der Waals surface area contributed by atoms with Crippen molar-refractivity contribution >= 4 is 37.1 Å². The van der Waals surface area contributed by atoms with E-state index in [-0.39, 0.29) is 16.7 Å². The van der Waals surface area contributed by atoms with Crippen molar-refractivity contribution in [1.29, 1.82) is 0 Å². The molecule has 0 N–H and O–H groups in total. The molecule has 0 heterocycles. The standard InChI is InChI=1S/C43H42P2/c1-34(2)43(3,41(35-22-10-4-11-23-35)44(37-26-14-6-15-27-37)38-28-16-7-17-29-38)42(36-24-12-5-13-25-36)45(39-30-18-8-19-31-39)40-32-20-9-21-33-40/h4-34,41-42H,1-3H3. The first-order valence-electron chi connectivity index (χ1n) is 16.0. The number of benzene rings is 6. The van der Waals surface area contributed by atoms with Gasteiger partial charge in [-0.25, -0.2) is 0 Å². The van der Waals surface area contributed by atoms with Crippen molar-refractivity contribution in [3.63, 3.8) is 0 Å². The Morgan fingerprint density at radius 2 is 0.578 bits per heavy atom. The topological polar surface area (TPSA) is 0 Å². The molecule has 0 amide bonds. The van der Waals surface area contributed by atoms with E-state index in [4.69, 9.17) is 0 Å². The Morgan fingerprint density at radius 1 is 0.356 bits per heavy atom. The summed E-state index contributed by atoms with van der Waals surface area (Å²) in [6.07, 6.45) is 0. The first kappa shape index (κ1) is 31.2. The van der Waals surface area contributed by atoms with Crippen LogP contribution in [-0.2, 0) is 0 Å². The Balaban J connectivity index is 1.70. The summed E-state index contributed by atoms with van der Waals surface area (Å²) in [6.45, 7) is 7.56. The predicted molar refractivity (Wildman–Crippen MR) is 199 cm³/mol. The molecule has 224 valence electrons. The number of hydrogen-bond donors (Lipinski definition) is 0. The molecular formula is C43H42P2. The third-order valence-corrected chi connectivity index (χ3v) is 15.5. The molecular weight excluding hydrogens is 578 g/mol. The van der Waals surface area contributed by atoms with Gasteiger partial charge in [-0.1, -0.05) is 203 Å². The maximum atomic E-state index is 2.62. The van der Waals surface area contributed by atoms with Crippen molar-refractivity contribution < 1.29 is 0 Å². The van der Waals surface area contributed by atoms with Gasteiger partial charge in [0.25, 0.3) is 0 Å². The molecule has 0 saturated carbocycles. The molecule has 0 saturated heterocycles. The lowest BCUT2D eigenvalue weighted by atomic mass is 9.69. The van der Waals surface area contributed by atoms with Crippen LogP contribution in [0.1, 0.15) is 43.2 Å². The van der Waals surface area contributed by atoms with Gasteiger partial charge in [-0.15, -0.1) is 0 Å². The van der Waals surface area contributed by atoms with Gasteiger partial charge >= 0.3 is 0 Å². The van der Waals surface area contributed by atoms with E-state index in [1.807, 2.05) is 0 Å². The third kappa shape index (κ3) is 6.60. The van der Waals surface area contributed by atoms with Gasteiger partial charge in [0.2, 0.25) is 0 Å². The van der Waals surface area contributed by atoms with Crippen LogP contribution in [0.15, 0.2) is 182 Å². The van der Waals surface area contributed by atoms with Crippen molar-refractivity contribution in [2.24, 2.45) is 11.3 Å². The van der Waals surface area contributed by atoms with Crippen LogP contribution in [0.5, 0.6) is 0 Å². The van der Waals surface area contributed by atoms with Crippen LogP contribution in [0.3, 0.4) is 0 Å². The van der Waals surface area contributed by atoms with E-state index < -0.39 is 15.8 Å². The van der Waals surface area contributed by atoms with Gasteiger partial charge in [0.15, 0.2) is 0 Å². The van der Waals surface area contributed by atoms with Crippen LogP contribution in [0.4, 0.5) is 0 Å². The van der Waals surface area contributed by atoms with Crippen LogP contribution < -0.4 is 21.2 Å². The largest absolute Gasteiger partial charge is 0.0622 e. The minimum absolute atomic E-state index is 0.141. The van der Waals surface area contributed by atoms with Crippen molar-refractivity contribution in [2.75, 3.05) is 0 Å². The maximum Gasteiger partial charge on any atom is 0.0188 e. The zero-order chi connectivity index (χ0) is 31.1. The summed E-state index contributed by atoms with van der Waals surface area (Å²) in [5, 5.41) is 5.70. The van der Waals surface area contributed by atoms with E-state index in [9.17, 15) is 0 Å². The zero-order valence-corrected chi connectivity index (χ0v) is 28.2. The molecule has 2 unspecified atom stereocenters. The van der Waals surface area contributed by atoms with Gasteiger partial charge in [-0.05, 0) is 59.5 Å². The highest BCUT2D eigenvalue weighted by molar-refractivity contribution is 7.74. The molecule has 0 nitrogen and oxygen atoms in total. The Labute approximate surface area is 272 Å². The summed E-state index contributed by atoms with van der Waals surface area (Å²) >= 11 is 0. The van der Waals surface area contributed by atoms with Crippen LogP contribution in [0.2, 0.25) is 0 Å². The number of rotatable bonds is 11. The van der Waals surface area contributed by atoms with Crippen LogP contribution in [0, 0.1) is 11.3 Å². The monoisotopic (exact) mass is 620 g/mol. The Morgan fingerprint density at radius 3 is 0.800 bits per heavy atom. The van der Waals surface area contributed by atoms with Gasteiger partial charge in [0.05, 0.1) is 0 Å². The second-order valence-electron chi connectivity index (χ2n) is 12.2. The van der Waals surface area contributed by atoms with E-state index >= 15 is 0 Å². The number of hydrogen-bond acceptors (Lipinski definition) is 0. The second kappa shape index (κ2) is 14.5. The molecule has 2 atom stereocenters. The van der Waals surface area contributed by atoms with Gasteiger partial charge < -0.3 is 0 Å². The SMILES string of the molecule is CC(C)C(C)(C(c1ccccc1)P(c1ccccc1)c1ccccc1)C(c1ccccc1)P(c1ccccc1)c1ccccc1. The van der Waals surface area contributed by atoms with Crippen LogP contribution >= 0.6 is 15.8 Å². The zero-order valence-electron chi connectivity index (χ0n) is 26.4. The summed E-state index contributed by atoms with van der Waals surface area (Å²) < 4.78 is 0. The van der Waals surface area contributed by atoms with Crippen molar-refractivity contribution in [2.45, 2.75) is 32.1 Å². The quantitative estimate of drug-likeness (QED) is 0.126. The fourth-order valence-electron chi connectivity index (χ4n) is 6.87. The van der Waals surface area contributed by atoms with Gasteiger partial charge in [-0.2, -0.15) is 0 Å². The van der Waals surface area contributed by atoms with Crippen LogP contribution in [0.25, 0.3) is 0 Å². The molecule has 0 aliphatic carbocycles. The van der Waals surface area contributed by atoms with E-state index in [0.717, 1.165) is 0 Å². The third-order valence-electron chi connectivity index (χ3n) is 9.31. The molecule has 0 aromatic heterocycles. The lowest BCUT2D eigenvalue weighted by Gasteiger charge is -2.53. The predicted octanol–water partition coefficient (Wildman–Crippen LogP) is 10.4. The van der Waals surface area contributed by atoms with Crippen molar-refractivity contribution in [3.05, 3.63) is 193 Å². The molecule has 6 aromatic carbocycles. The lowest BCUT2D eigenvalue weighted by molar-refractivity contribution is 0.200. The summed E-state index contributed by atoms with van der Waals surface area (Å²) in [7, 11) is -1.57. The van der Waals surface area contributed by atoms with E-state index in [0.29, 0.717) is 5.92 Å². The fraction of sp³-hybridized carbons (Fsp3) is 0.163. The lowest BCUT2D eigenvalue weighted by Crippen LogP contribution is -2.41. The summed E-state index contributed by atoms with van der Waals surface area (Å²) in [5.74, 6) is 0.378. The minimum Gasteiger partial charge on any atom is -0.0622 e. The van der Waals surface area contributed by atoms with Crippen LogP contribution in [-0.4, -0.2) is 0 Å². The summed E-state index contributed by atoms with van der Waals surface area (Å²) in [4.78, 5) is 0. The molecule has 0 aliphatic rings. The Hall–Kier alpha value is -3.82. The molecule has 0 radical (unpaired) electrons. The Kier molecular flexibility index (Phi) is 10.1. The molecule has 6 aromatic rings. The summed E-state index contributed by atoms with van der Waals surface area (Å²) in [6, 6.07) is 68.1. The van der Waals surface area contributed by atoms with E-state index in [1.54, 1.807) is 0 Å². The average molecular weight is 621 g/mol. The highest BCUT2D eigenvalue weighted by Gasteiger charge is 2.51. The molecule has 2 heteroatoms. The minimum atomic E-state index is -0.786. The molecule has 6 rings (SSSR count). The molecule has 0 spiro atoms. The average Bonchev–Trinajstić information content (AvgIpc) is 3.11. The van der Waals surface area contributed by atoms with Gasteiger partial charge in [-0.3, -0.25) is 0 Å². The smallest absolute Gasteiger partial charge is 0.0188 e. The highest BCUT2D eigenvalue weighted by atomic mass is 31.1. The molecule has 0 fully saturated rings. The van der Waals surface area contributed by atoms with E-state index in [1.165, 1.54) is 32.3 Å². The molecule has 0 bridgehead atoms. The van der Waals surface area contributed by atoms with Gasteiger partial charge in [0, 0.05) is 11.3 Å². The highest BCUT2D eigenvalue weighted by Crippen LogP contribution is 2.71. The first-order valence-corrected chi connectivity index (χ1v) is 18.8. The fourth-order valence-corrected chi connectivity index (χ4v) is 13.7. The van der Waals surface area contributed by atoms with Crippen molar-refractivity contribution in [1.82, 2.24) is 0 Å².